The summed E-state index contributed by atoms with van der Waals surface area (Å²) < 4.78 is 0. The maximum atomic E-state index is 4.67. The molecule has 0 rings (SSSR count). The van der Waals surface area contributed by atoms with Gasteiger partial charge >= 0.3 is 102 Å². The number of hydrogen-bond acceptors (Lipinski definition) is 0. The second kappa shape index (κ2) is 15.7. The smallest absolute Gasteiger partial charge is 1.00 e. The fourth-order valence-corrected chi connectivity index (χ4v) is 0. The van der Waals surface area contributed by atoms with E-state index in [2.05, 4.69) is 20.2 Å². The van der Waals surface area contributed by atoms with Crippen LogP contribution in [0, 0.1) is 0 Å². The van der Waals surface area contributed by atoms with E-state index in [0.717, 1.165) is 13.1 Å². The molecule has 0 saturated heterocycles. The van der Waals surface area contributed by atoms with Gasteiger partial charge in [0.1, 0.15) is 0 Å². The average Bonchev–Trinajstić information content (AvgIpc) is 0.918. The van der Waals surface area contributed by atoms with Crippen LogP contribution < -0.4 is 73.6 Å². The Balaban J connectivity index is -0.0000000200. The Bertz CT molecular complexity index is 9.61. The van der Waals surface area contributed by atoms with Crippen molar-refractivity contribution in [3.63, 3.8) is 0 Å². The molecule has 0 aliphatic rings. The Hall–Kier alpha value is 3.08. The predicted octanol–water partition coefficient (Wildman–Crippen LogP) is -4.62. The number of hydrogen-bond donors (Lipinski definition) is 0. The summed E-state index contributed by atoms with van der Waals surface area (Å²) in [5.74, 6) is 0. The summed E-state index contributed by atoms with van der Waals surface area (Å²) in [7, 11) is 9.34. The molecule has 0 radical (unpaired) electrons. The van der Waals surface area contributed by atoms with Crippen LogP contribution in [0.15, 0.2) is 0 Å². The molecular weight excluding hydrogens is 286 g/mol. The van der Waals surface area contributed by atoms with Crippen molar-refractivity contribution in [3.05, 3.63) is 0 Å². The molecule has 0 aliphatic heterocycles. The fraction of sp³-hybridized carbons (Fsp3) is 0. The summed E-state index contributed by atoms with van der Waals surface area (Å²) in [4.78, 5) is 0. The van der Waals surface area contributed by atoms with Crippen LogP contribution in [0.25, 0.3) is 0 Å². The van der Waals surface area contributed by atoms with Crippen molar-refractivity contribution in [1.29, 1.82) is 0 Å². The zero-order chi connectivity index (χ0) is 2.71. The predicted molar refractivity (Wildman–Crippen MR) is 11.7 cm³/mol. The Kier molecular flexibility index (Phi) is 49.4. The minimum absolute atomic E-state index is 0. The van der Waals surface area contributed by atoms with Gasteiger partial charge in [-0.1, -0.05) is 0 Å². The maximum absolute atomic E-state index is 4.67. The Labute approximate surface area is 104 Å². The van der Waals surface area contributed by atoms with E-state index in [0.29, 0.717) is 0 Å². The maximum Gasteiger partial charge on any atom is 1.00 e. The fourth-order valence-electron chi connectivity index (χ4n) is 0. The van der Waals surface area contributed by atoms with Gasteiger partial charge in [0, 0.05) is 0 Å². The molecule has 5 heteroatoms. The van der Waals surface area contributed by atoms with E-state index in [9.17, 15) is 0 Å². The normalized spacial score (nSPS) is 4.40. The van der Waals surface area contributed by atoms with Crippen LogP contribution in [0.1, 0.15) is 0 Å². The van der Waals surface area contributed by atoms with Crippen molar-refractivity contribution < 1.29 is 86.7 Å². The van der Waals surface area contributed by atoms with Gasteiger partial charge in [-0.15, -0.1) is 0 Å². The third-order valence-electron chi connectivity index (χ3n) is 0. The van der Waals surface area contributed by atoms with Crippen LogP contribution in [-0.2, 0) is 13.1 Å². The minimum Gasteiger partial charge on any atom is -1.00 e. The first-order valence-corrected chi connectivity index (χ1v) is 2.82. The van der Waals surface area contributed by atoms with Crippen molar-refractivity contribution in [2.45, 2.75) is 0 Å². The van der Waals surface area contributed by atoms with Gasteiger partial charge in [0.05, 0.1) is 0 Å². The molecule has 0 N–H and O–H groups in total. The Morgan fingerprint density at radius 3 is 1.20 bits per heavy atom. The quantitative estimate of drug-likeness (QED) is 0.393. The van der Waals surface area contributed by atoms with E-state index in [1.54, 1.807) is 0 Å². The summed E-state index contributed by atoms with van der Waals surface area (Å²) in [6.07, 6.45) is 0. The van der Waals surface area contributed by atoms with Crippen molar-refractivity contribution in [2.75, 3.05) is 0 Å². The zero-order valence-corrected chi connectivity index (χ0v) is 11.2. The van der Waals surface area contributed by atoms with E-state index in [-0.39, 0.29) is 73.6 Å². The first-order chi connectivity index (χ1) is 1.41. The second-order valence-electron chi connectivity index (χ2n) is 0.0431. The second-order valence-corrected chi connectivity index (χ2v) is 1.60. The van der Waals surface area contributed by atoms with Crippen molar-refractivity contribution in [3.8, 4) is 0 Å². The van der Waals surface area contributed by atoms with Gasteiger partial charge < -0.3 is 4.70 Å². The van der Waals surface area contributed by atoms with Crippen molar-refractivity contribution in [1.82, 2.24) is 0 Å². The van der Waals surface area contributed by atoms with Gasteiger partial charge in [-0.3, -0.25) is 0 Å². The van der Waals surface area contributed by atoms with Gasteiger partial charge in [0.25, 0.3) is 0 Å². The van der Waals surface area contributed by atoms with Gasteiger partial charge in [0.15, 0.2) is 0 Å². The summed E-state index contributed by atoms with van der Waals surface area (Å²) in [6, 6.07) is 0. The van der Waals surface area contributed by atoms with E-state index in [1.807, 2.05) is 0 Å². The molecule has 0 unspecified atom stereocenters. The molecule has 0 atom stereocenters. The van der Waals surface area contributed by atoms with Gasteiger partial charge in [-0.05, 0) is 0 Å². The molecule has 0 saturated carbocycles. The molecule has 0 spiro atoms. The van der Waals surface area contributed by atoms with E-state index < -0.39 is 0 Å². The van der Waals surface area contributed by atoms with Crippen LogP contribution in [0.4, 0.5) is 0 Å². The van der Waals surface area contributed by atoms with E-state index in [4.69, 9.17) is 0 Å². The monoisotopic (exact) mass is 285 g/mol. The summed E-state index contributed by atoms with van der Waals surface area (Å²) in [5.41, 5.74) is 0. The number of halogens is 3. The average molecular weight is 286 g/mol. The van der Waals surface area contributed by atoms with E-state index in [1.165, 1.54) is 0 Å². The van der Waals surface area contributed by atoms with Crippen molar-refractivity contribution >= 4 is 20.2 Å². The topological polar surface area (TPSA) is 0 Å². The molecule has 33 valence electrons. The Morgan fingerprint density at radius 2 is 1.20 bits per heavy atom. The van der Waals surface area contributed by atoms with Crippen LogP contribution in [0.2, 0.25) is 0 Å². The van der Waals surface area contributed by atoms with Gasteiger partial charge in [-0.2, -0.15) is 0 Å². The summed E-state index contributed by atoms with van der Waals surface area (Å²) in [5, 5.41) is 0. The molecule has 0 heterocycles. The third kappa shape index (κ3) is 19.3. The van der Waals surface area contributed by atoms with Gasteiger partial charge in [-0.25, -0.2) is 0 Å². The molecular formula is Cl2CsCuF. The SMILES string of the molecule is [Cl][Cu][Cl].[Cs+].[F-]. The first-order valence-electron chi connectivity index (χ1n) is 0.228. The largest absolute Gasteiger partial charge is 1.00 e. The molecule has 0 nitrogen and oxygen atoms in total. The molecule has 0 aromatic heterocycles. The van der Waals surface area contributed by atoms with E-state index >= 15 is 0 Å². The molecule has 5 heavy (non-hydrogen) atoms. The molecule has 0 aromatic rings. The molecule has 0 aliphatic carbocycles. The third-order valence-corrected chi connectivity index (χ3v) is 0. The molecule has 0 fully saturated rings. The summed E-state index contributed by atoms with van der Waals surface area (Å²) in [6.45, 7) is 0. The van der Waals surface area contributed by atoms with Crippen LogP contribution in [0.3, 0.4) is 0 Å². The van der Waals surface area contributed by atoms with Crippen molar-refractivity contribution in [2.24, 2.45) is 0 Å². The molecule has 0 amide bonds. The molecule has 0 aromatic carbocycles. The van der Waals surface area contributed by atoms with Crippen LogP contribution in [-0.4, -0.2) is 0 Å². The molecule has 0 bridgehead atoms. The number of rotatable bonds is 0. The standard InChI is InChI=1S/2ClH.Cs.Cu.FH/h2*1H;;;1H/q;;+1;+2;/p-3. The first kappa shape index (κ1) is 15.7. The van der Waals surface area contributed by atoms with Gasteiger partial charge in [0.2, 0.25) is 0 Å². The Morgan fingerprint density at radius 1 is 1.20 bits per heavy atom. The zero-order valence-electron chi connectivity index (χ0n) is 2.44. The minimum atomic E-state index is 0. The van der Waals surface area contributed by atoms with Crippen LogP contribution in [0.5, 0.6) is 0 Å². The van der Waals surface area contributed by atoms with Crippen LogP contribution >= 0.6 is 20.2 Å². The summed E-state index contributed by atoms with van der Waals surface area (Å²) >= 11 is 0.757.